The lowest BCUT2D eigenvalue weighted by molar-refractivity contribution is -0.117. The van der Waals surface area contributed by atoms with Gasteiger partial charge in [0.05, 0.1) is 22.0 Å². The zero-order valence-electron chi connectivity index (χ0n) is 12.2. The normalized spacial score (nSPS) is 12.7. The molecule has 122 valence electrons. The quantitative estimate of drug-likeness (QED) is 0.842. The monoisotopic (exact) mass is 363 g/mol. The van der Waals surface area contributed by atoms with Crippen LogP contribution >= 0.6 is 23.7 Å². The molecule has 1 atom stereocenters. The van der Waals surface area contributed by atoms with Gasteiger partial charge in [-0.15, -0.1) is 12.4 Å². The molecule has 2 rings (SSSR count). The predicted molar refractivity (Wildman–Crippen MR) is 92.5 cm³/mol. The van der Waals surface area contributed by atoms with Gasteiger partial charge in [-0.05, 0) is 31.0 Å². The molecule has 0 saturated carbocycles. The first kappa shape index (κ1) is 18.8. The van der Waals surface area contributed by atoms with Crippen molar-refractivity contribution in [2.24, 2.45) is 5.73 Å². The molecule has 1 aromatic heterocycles. The maximum atomic E-state index is 11.9. The van der Waals surface area contributed by atoms with Gasteiger partial charge in [0.25, 0.3) is 0 Å². The number of hydrogen-bond donors (Lipinski definition) is 2. The van der Waals surface area contributed by atoms with Crippen LogP contribution in [0.3, 0.4) is 0 Å². The first-order valence-electron chi connectivity index (χ1n) is 6.36. The molecule has 1 heterocycles. The van der Waals surface area contributed by atoms with Crippen molar-refractivity contribution in [2.45, 2.75) is 19.4 Å². The van der Waals surface area contributed by atoms with Crippen LogP contribution in [-0.2, 0) is 14.6 Å². The zero-order valence-corrected chi connectivity index (χ0v) is 14.6. The predicted octanol–water partition coefficient (Wildman–Crippen LogP) is 1.73. The molecule has 0 spiro atoms. The highest BCUT2D eigenvalue weighted by molar-refractivity contribution is 7.90. The van der Waals surface area contributed by atoms with E-state index in [1.54, 1.807) is 0 Å². The van der Waals surface area contributed by atoms with E-state index in [1.165, 1.54) is 11.3 Å². The van der Waals surface area contributed by atoms with Crippen LogP contribution in [-0.4, -0.2) is 37.4 Å². The summed E-state index contributed by atoms with van der Waals surface area (Å²) in [5, 5.41) is 3.10. The standard InChI is InChI=1S/C13H17N3O3S2.ClH/c1-8-3-4-10-11(7-8)20-13(15-10)16-12(17)9(14)5-6-21(2,18)19;/h3-4,7,9H,5-6,14H2,1-2H3,(H,15,16,17);1H. The number of rotatable bonds is 5. The average molecular weight is 364 g/mol. The van der Waals surface area contributed by atoms with Gasteiger partial charge in [0, 0.05) is 6.26 Å². The molecule has 3 N–H and O–H groups in total. The fourth-order valence-corrected chi connectivity index (χ4v) is 3.40. The van der Waals surface area contributed by atoms with E-state index in [0.717, 1.165) is 22.0 Å². The summed E-state index contributed by atoms with van der Waals surface area (Å²) in [5.74, 6) is -0.532. The Morgan fingerprint density at radius 3 is 2.77 bits per heavy atom. The second-order valence-electron chi connectivity index (χ2n) is 5.00. The van der Waals surface area contributed by atoms with Crippen LogP contribution in [0.25, 0.3) is 10.2 Å². The highest BCUT2D eigenvalue weighted by atomic mass is 35.5. The van der Waals surface area contributed by atoms with Gasteiger partial charge in [-0.2, -0.15) is 0 Å². The lowest BCUT2D eigenvalue weighted by atomic mass is 10.2. The number of aryl methyl sites for hydroxylation is 1. The molecule has 9 heteroatoms. The van der Waals surface area contributed by atoms with Crippen molar-refractivity contribution < 1.29 is 13.2 Å². The second kappa shape index (κ2) is 7.36. The highest BCUT2D eigenvalue weighted by Gasteiger charge is 2.17. The molecule has 1 aromatic carbocycles. The molecular weight excluding hydrogens is 346 g/mol. The molecule has 1 unspecified atom stereocenters. The fraction of sp³-hybridized carbons (Fsp3) is 0.385. The molecule has 2 aromatic rings. The number of amides is 1. The Labute approximate surface area is 139 Å². The third-order valence-electron chi connectivity index (χ3n) is 2.91. The van der Waals surface area contributed by atoms with E-state index in [-0.39, 0.29) is 24.6 Å². The van der Waals surface area contributed by atoms with E-state index in [1.807, 2.05) is 25.1 Å². The van der Waals surface area contributed by atoms with Crippen LogP contribution in [0, 0.1) is 6.92 Å². The van der Waals surface area contributed by atoms with Crippen molar-refractivity contribution in [1.82, 2.24) is 4.98 Å². The number of carbonyl (C=O) groups excluding carboxylic acids is 1. The molecular formula is C13H18ClN3O3S2. The molecule has 0 aliphatic heterocycles. The van der Waals surface area contributed by atoms with Crippen molar-refractivity contribution in [2.75, 3.05) is 17.3 Å². The van der Waals surface area contributed by atoms with Gasteiger partial charge < -0.3 is 11.1 Å². The van der Waals surface area contributed by atoms with Gasteiger partial charge in [0.1, 0.15) is 9.84 Å². The summed E-state index contributed by atoms with van der Waals surface area (Å²) in [4.78, 5) is 16.2. The van der Waals surface area contributed by atoms with Crippen molar-refractivity contribution in [1.29, 1.82) is 0 Å². The lowest BCUT2D eigenvalue weighted by Gasteiger charge is -2.09. The summed E-state index contributed by atoms with van der Waals surface area (Å²) in [5.41, 5.74) is 7.62. The SMILES string of the molecule is Cc1ccc2nc(NC(=O)C(N)CCS(C)(=O)=O)sc2c1.Cl. The molecule has 0 saturated heterocycles. The van der Waals surface area contributed by atoms with Crippen LogP contribution < -0.4 is 11.1 Å². The minimum atomic E-state index is -3.12. The number of nitrogens with one attached hydrogen (secondary N) is 1. The van der Waals surface area contributed by atoms with E-state index in [4.69, 9.17) is 5.73 Å². The Bertz CT molecular complexity index is 774. The Balaban J connectivity index is 0.00000242. The number of anilines is 1. The van der Waals surface area contributed by atoms with Crippen LogP contribution in [0.2, 0.25) is 0 Å². The fourth-order valence-electron chi connectivity index (χ4n) is 1.76. The van der Waals surface area contributed by atoms with Crippen LogP contribution in [0.1, 0.15) is 12.0 Å². The summed E-state index contributed by atoms with van der Waals surface area (Å²) in [6.07, 6.45) is 1.21. The summed E-state index contributed by atoms with van der Waals surface area (Å²) < 4.78 is 23.1. The van der Waals surface area contributed by atoms with Gasteiger partial charge in [-0.25, -0.2) is 13.4 Å². The number of carbonyl (C=O) groups is 1. The Morgan fingerprint density at radius 2 is 2.14 bits per heavy atom. The maximum Gasteiger partial charge on any atom is 0.243 e. The minimum Gasteiger partial charge on any atom is -0.320 e. The van der Waals surface area contributed by atoms with Crippen molar-refractivity contribution in [3.63, 3.8) is 0 Å². The van der Waals surface area contributed by atoms with Gasteiger partial charge in [-0.3, -0.25) is 4.79 Å². The lowest BCUT2D eigenvalue weighted by Crippen LogP contribution is -2.37. The van der Waals surface area contributed by atoms with E-state index in [9.17, 15) is 13.2 Å². The number of fused-ring (bicyclic) bond motifs is 1. The smallest absolute Gasteiger partial charge is 0.243 e. The first-order chi connectivity index (χ1) is 9.74. The Hall–Kier alpha value is -1.22. The third-order valence-corrected chi connectivity index (χ3v) is 4.82. The Morgan fingerprint density at radius 1 is 1.45 bits per heavy atom. The number of aromatic nitrogens is 1. The second-order valence-corrected chi connectivity index (χ2v) is 8.29. The molecule has 0 bridgehead atoms. The van der Waals surface area contributed by atoms with Gasteiger partial charge in [-0.1, -0.05) is 17.4 Å². The topological polar surface area (TPSA) is 102 Å². The molecule has 1 amide bonds. The maximum absolute atomic E-state index is 11.9. The number of sulfone groups is 1. The van der Waals surface area contributed by atoms with Gasteiger partial charge in [0.2, 0.25) is 5.91 Å². The first-order valence-corrected chi connectivity index (χ1v) is 9.24. The van der Waals surface area contributed by atoms with Gasteiger partial charge >= 0.3 is 0 Å². The number of nitrogens with two attached hydrogens (primary N) is 1. The highest BCUT2D eigenvalue weighted by Crippen LogP contribution is 2.26. The zero-order chi connectivity index (χ0) is 15.6. The number of nitrogens with zero attached hydrogens (tertiary/aromatic N) is 1. The van der Waals surface area contributed by atoms with Crippen LogP contribution in [0.15, 0.2) is 18.2 Å². The van der Waals surface area contributed by atoms with Crippen molar-refractivity contribution in [3.8, 4) is 0 Å². The van der Waals surface area contributed by atoms with E-state index in [2.05, 4.69) is 10.3 Å². The molecule has 6 nitrogen and oxygen atoms in total. The summed E-state index contributed by atoms with van der Waals surface area (Å²) in [7, 11) is -3.12. The van der Waals surface area contributed by atoms with Crippen LogP contribution in [0.5, 0.6) is 0 Å². The third kappa shape index (κ3) is 5.20. The Kier molecular flexibility index (Phi) is 6.30. The van der Waals surface area contributed by atoms with Gasteiger partial charge in [0.15, 0.2) is 5.13 Å². The molecule has 0 fully saturated rings. The molecule has 22 heavy (non-hydrogen) atoms. The number of halogens is 1. The summed E-state index contributed by atoms with van der Waals surface area (Å²) in [6, 6.07) is 4.96. The molecule has 0 aliphatic rings. The number of hydrogen-bond acceptors (Lipinski definition) is 6. The van der Waals surface area contributed by atoms with E-state index in [0.29, 0.717) is 5.13 Å². The largest absolute Gasteiger partial charge is 0.320 e. The summed E-state index contributed by atoms with van der Waals surface area (Å²) >= 11 is 1.36. The minimum absolute atomic E-state index is 0. The van der Waals surface area contributed by atoms with Crippen molar-refractivity contribution >= 4 is 54.8 Å². The van der Waals surface area contributed by atoms with E-state index >= 15 is 0 Å². The number of benzene rings is 1. The molecule has 0 radical (unpaired) electrons. The van der Waals surface area contributed by atoms with E-state index < -0.39 is 21.8 Å². The van der Waals surface area contributed by atoms with Crippen LogP contribution in [0.4, 0.5) is 5.13 Å². The average Bonchev–Trinajstić information content (AvgIpc) is 2.76. The molecule has 0 aliphatic carbocycles. The van der Waals surface area contributed by atoms with Crippen molar-refractivity contribution in [3.05, 3.63) is 23.8 Å². The summed E-state index contributed by atoms with van der Waals surface area (Å²) in [6.45, 7) is 1.98. The number of thiazole rings is 1.